The molecule has 4 nitrogen and oxygen atoms in total. The molecule has 0 aromatic heterocycles. The molecule has 0 unspecified atom stereocenters. The molecule has 118 valence electrons. The third-order valence-corrected chi connectivity index (χ3v) is 6.49. The fraction of sp³-hybridized carbons (Fsp3) is 0.500. The van der Waals surface area contributed by atoms with E-state index in [0.29, 0.717) is 5.33 Å². The molecular formula is C16H18BrNO3S. The minimum atomic E-state index is -0.506. The number of thioether (sulfide) groups is 1. The number of ether oxygens (including phenoxy) is 1. The largest absolute Gasteiger partial charge is 0.459 e. The lowest BCUT2D eigenvalue weighted by Gasteiger charge is -2.43. The van der Waals surface area contributed by atoms with Crippen molar-refractivity contribution in [1.82, 2.24) is 4.90 Å². The van der Waals surface area contributed by atoms with Crippen molar-refractivity contribution < 1.29 is 14.3 Å². The summed E-state index contributed by atoms with van der Waals surface area (Å²) in [5.41, 5.74) is 0.948. The summed E-state index contributed by atoms with van der Waals surface area (Å²) in [6.45, 7) is 4.25. The molecule has 2 aliphatic heterocycles. The lowest BCUT2D eigenvalue weighted by atomic mass is 9.93. The highest BCUT2D eigenvalue weighted by atomic mass is 79.9. The molecule has 2 saturated heterocycles. The van der Waals surface area contributed by atoms with Crippen molar-refractivity contribution in [2.75, 3.05) is 5.33 Å². The Hall–Kier alpha value is -1.01. The molecule has 1 aromatic carbocycles. The highest BCUT2D eigenvalue weighted by Crippen LogP contribution is 2.53. The van der Waals surface area contributed by atoms with Crippen LogP contribution in [0.4, 0.5) is 0 Å². The molecule has 0 radical (unpaired) electrons. The van der Waals surface area contributed by atoms with Gasteiger partial charge in [0.1, 0.15) is 12.6 Å². The Labute approximate surface area is 142 Å². The van der Waals surface area contributed by atoms with Crippen LogP contribution in [-0.4, -0.2) is 38.3 Å². The third kappa shape index (κ3) is 2.56. The summed E-state index contributed by atoms with van der Waals surface area (Å²) in [6.07, 6.45) is 0. The number of fused-ring (bicyclic) bond motifs is 1. The van der Waals surface area contributed by atoms with Crippen molar-refractivity contribution in [2.24, 2.45) is 5.92 Å². The van der Waals surface area contributed by atoms with E-state index in [4.69, 9.17) is 4.74 Å². The van der Waals surface area contributed by atoms with E-state index in [-0.39, 0.29) is 34.5 Å². The van der Waals surface area contributed by atoms with Gasteiger partial charge < -0.3 is 9.64 Å². The zero-order chi connectivity index (χ0) is 15.9. The van der Waals surface area contributed by atoms with Crippen molar-refractivity contribution in [1.29, 1.82) is 0 Å². The molecule has 2 heterocycles. The van der Waals surface area contributed by atoms with Crippen LogP contribution in [0.2, 0.25) is 0 Å². The summed E-state index contributed by atoms with van der Waals surface area (Å²) in [5, 5.41) is 0.721. The van der Waals surface area contributed by atoms with Gasteiger partial charge in [-0.25, -0.2) is 4.79 Å². The van der Waals surface area contributed by atoms with Gasteiger partial charge in [0.05, 0.1) is 11.3 Å². The van der Waals surface area contributed by atoms with Crippen LogP contribution in [0.5, 0.6) is 0 Å². The van der Waals surface area contributed by atoms with Gasteiger partial charge in [-0.15, -0.1) is 11.8 Å². The molecule has 6 heteroatoms. The zero-order valence-electron chi connectivity index (χ0n) is 12.5. The molecule has 0 N–H and O–H groups in total. The van der Waals surface area contributed by atoms with E-state index in [2.05, 4.69) is 15.9 Å². The van der Waals surface area contributed by atoms with E-state index >= 15 is 0 Å². The van der Waals surface area contributed by atoms with Gasteiger partial charge in [0.15, 0.2) is 0 Å². The van der Waals surface area contributed by atoms with Crippen LogP contribution in [0.15, 0.2) is 30.3 Å². The molecule has 0 saturated carbocycles. The van der Waals surface area contributed by atoms with Gasteiger partial charge in [-0.05, 0) is 19.4 Å². The monoisotopic (exact) mass is 383 g/mol. The van der Waals surface area contributed by atoms with Crippen LogP contribution in [0.3, 0.4) is 0 Å². The molecule has 0 aliphatic carbocycles. The van der Waals surface area contributed by atoms with Crippen LogP contribution >= 0.6 is 27.7 Å². The molecule has 0 spiro atoms. The first kappa shape index (κ1) is 15.9. The molecule has 1 aromatic rings. The SMILES string of the molecule is CC1(C)S[C@@H]2[C@H](CBr)C(=O)N2[C@H]1C(=O)OCc1ccccc1. The molecular weight excluding hydrogens is 366 g/mol. The van der Waals surface area contributed by atoms with E-state index in [1.54, 1.807) is 16.7 Å². The number of nitrogens with zero attached hydrogens (tertiary/aromatic N) is 1. The highest BCUT2D eigenvalue weighted by Gasteiger charge is 2.63. The van der Waals surface area contributed by atoms with Crippen LogP contribution in [-0.2, 0) is 20.9 Å². The molecule has 3 atom stereocenters. The lowest BCUT2D eigenvalue weighted by Crippen LogP contribution is -2.63. The van der Waals surface area contributed by atoms with Crippen molar-refractivity contribution in [3.8, 4) is 0 Å². The number of β-lactam (4-membered cyclic amide) rings is 1. The maximum Gasteiger partial charge on any atom is 0.330 e. The second kappa shape index (κ2) is 5.89. The van der Waals surface area contributed by atoms with Crippen LogP contribution in [0, 0.1) is 5.92 Å². The Kier molecular flexibility index (Phi) is 4.25. The Morgan fingerprint density at radius 1 is 1.36 bits per heavy atom. The summed E-state index contributed by atoms with van der Waals surface area (Å²) in [5.74, 6) is -0.303. The van der Waals surface area contributed by atoms with Crippen LogP contribution < -0.4 is 0 Å². The first-order chi connectivity index (χ1) is 10.5. The number of hydrogen-bond donors (Lipinski definition) is 0. The third-order valence-electron chi connectivity index (χ3n) is 4.16. The van der Waals surface area contributed by atoms with E-state index in [1.807, 2.05) is 44.2 Å². The summed E-state index contributed by atoms with van der Waals surface area (Å²) in [6, 6.07) is 9.07. The topological polar surface area (TPSA) is 46.6 Å². The quantitative estimate of drug-likeness (QED) is 0.455. The van der Waals surface area contributed by atoms with Gasteiger partial charge in [-0.1, -0.05) is 46.3 Å². The maximum atomic E-state index is 12.5. The number of carbonyl (C=O) groups is 2. The number of carbonyl (C=O) groups excluding carboxylic acids is 2. The van der Waals surface area contributed by atoms with Crippen LogP contribution in [0.25, 0.3) is 0 Å². The van der Waals surface area contributed by atoms with E-state index in [9.17, 15) is 9.59 Å². The Morgan fingerprint density at radius 2 is 2.05 bits per heavy atom. The number of hydrogen-bond acceptors (Lipinski definition) is 4. The Balaban J connectivity index is 1.70. The second-order valence-electron chi connectivity index (χ2n) is 6.11. The average molecular weight is 384 g/mol. The molecule has 22 heavy (non-hydrogen) atoms. The molecule has 1 amide bonds. The van der Waals surface area contributed by atoms with Gasteiger partial charge in [-0.3, -0.25) is 4.79 Å². The highest BCUT2D eigenvalue weighted by molar-refractivity contribution is 9.09. The maximum absolute atomic E-state index is 12.5. The first-order valence-electron chi connectivity index (χ1n) is 7.22. The lowest BCUT2D eigenvalue weighted by molar-refractivity contribution is -0.166. The van der Waals surface area contributed by atoms with Crippen molar-refractivity contribution in [3.63, 3.8) is 0 Å². The summed E-state index contributed by atoms with van der Waals surface area (Å²) < 4.78 is 5.13. The van der Waals surface area contributed by atoms with Gasteiger partial charge in [0.25, 0.3) is 0 Å². The minimum Gasteiger partial charge on any atom is -0.459 e. The number of benzene rings is 1. The summed E-state index contributed by atoms with van der Waals surface area (Å²) in [4.78, 5) is 26.4. The number of halogens is 1. The van der Waals surface area contributed by atoms with E-state index in [1.165, 1.54) is 0 Å². The van der Waals surface area contributed by atoms with Crippen molar-refractivity contribution in [2.45, 2.75) is 36.6 Å². The minimum absolute atomic E-state index is 0.0313. The summed E-state index contributed by atoms with van der Waals surface area (Å²) in [7, 11) is 0. The van der Waals surface area contributed by atoms with E-state index < -0.39 is 6.04 Å². The second-order valence-corrected chi connectivity index (χ2v) is 8.53. The standard InChI is InChI=1S/C16H18BrNO3S/c1-16(2)12(18-13(19)11(8-17)14(18)22-16)15(20)21-9-10-6-4-3-5-7-10/h3-7,11-12,14H,8-9H2,1-2H3/t11-,12+,14-/m1/s1. The van der Waals surface area contributed by atoms with Crippen LogP contribution in [0.1, 0.15) is 19.4 Å². The molecule has 2 aliphatic rings. The van der Waals surface area contributed by atoms with Gasteiger partial charge in [0.2, 0.25) is 5.91 Å². The van der Waals surface area contributed by atoms with Gasteiger partial charge >= 0.3 is 5.97 Å². The number of amides is 1. The summed E-state index contributed by atoms with van der Waals surface area (Å²) >= 11 is 5.07. The first-order valence-corrected chi connectivity index (χ1v) is 9.22. The molecule has 2 fully saturated rings. The zero-order valence-corrected chi connectivity index (χ0v) is 14.9. The fourth-order valence-electron chi connectivity index (χ4n) is 3.02. The number of esters is 1. The Morgan fingerprint density at radius 3 is 2.68 bits per heavy atom. The van der Waals surface area contributed by atoms with Crippen molar-refractivity contribution >= 4 is 39.6 Å². The van der Waals surface area contributed by atoms with Crippen molar-refractivity contribution in [3.05, 3.63) is 35.9 Å². The smallest absolute Gasteiger partial charge is 0.330 e. The predicted octanol–water partition coefficient (Wildman–Crippen LogP) is 2.80. The normalized spacial score (nSPS) is 29.0. The number of rotatable bonds is 4. The predicted molar refractivity (Wildman–Crippen MR) is 89.6 cm³/mol. The number of alkyl halides is 1. The Bertz CT molecular complexity index is 592. The molecule has 3 rings (SSSR count). The van der Waals surface area contributed by atoms with E-state index in [0.717, 1.165) is 5.56 Å². The fourth-order valence-corrected chi connectivity index (χ4v) is 5.58. The van der Waals surface area contributed by atoms with Gasteiger partial charge in [0, 0.05) is 10.1 Å². The molecule has 0 bridgehead atoms. The van der Waals surface area contributed by atoms with Gasteiger partial charge in [-0.2, -0.15) is 0 Å². The average Bonchev–Trinajstić information content (AvgIpc) is 2.74.